The van der Waals surface area contributed by atoms with Crippen molar-refractivity contribution in [3.05, 3.63) is 18.2 Å². The van der Waals surface area contributed by atoms with Gasteiger partial charge in [0.1, 0.15) is 0 Å². The molecule has 0 radical (unpaired) electrons. The van der Waals surface area contributed by atoms with Gasteiger partial charge in [-0.2, -0.15) is 0 Å². The number of ether oxygens (including phenoxy) is 1. The molecule has 0 bridgehead atoms. The van der Waals surface area contributed by atoms with Gasteiger partial charge < -0.3 is 9.30 Å². The Bertz CT molecular complexity index is 244. The Kier molecular flexibility index (Phi) is 1.66. The van der Waals surface area contributed by atoms with Crippen LogP contribution in [0.4, 0.5) is 0 Å². The third kappa shape index (κ3) is 1.16. The third-order valence-corrected chi connectivity index (χ3v) is 2.26. The maximum Gasteiger partial charge on any atom is 0.0948 e. The summed E-state index contributed by atoms with van der Waals surface area (Å²) in [5, 5.41) is 0. The van der Waals surface area contributed by atoms with Crippen LogP contribution in [0, 0.1) is 0 Å². The van der Waals surface area contributed by atoms with Gasteiger partial charge in [0.15, 0.2) is 0 Å². The Hall–Kier alpha value is -0.830. The lowest BCUT2D eigenvalue weighted by Crippen LogP contribution is -2.24. The fraction of sp³-hybridized carbons (Fsp3) is 0.625. The molecule has 1 aromatic heterocycles. The van der Waals surface area contributed by atoms with Gasteiger partial charge in [0, 0.05) is 32.0 Å². The predicted octanol–water partition coefficient (Wildman–Crippen LogP) is 0.844. The van der Waals surface area contributed by atoms with Crippen molar-refractivity contribution in [2.75, 3.05) is 7.11 Å². The molecule has 1 atom stereocenters. The molecule has 3 heteroatoms. The number of aryl methyl sites for hydroxylation is 1. The largest absolute Gasteiger partial charge is 0.381 e. The predicted molar refractivity (Wildman–Crippen MR) is 41.3 cm³/mol. The van der Waals surface area contributed by atoms with Crippen LogP contribution >= 0.6 is 0 Å². The molecule has 1 aliphatic heterocycles. The van der Waals surface area contributed by atoms with Crippen molar-refractivity contribution in [2.45, 2.75) is 25.5 Å². The molecule has 0 aromatic carbocycles. The van der Waals surface area contributed by atoms with Crippen molar-refractivity contribution in [1.29, 1.82) is 0 Å². The Balaban J connectivity index is 2.18. The van der Waals surface area contributed by atoms with Crippen molar-refractivity contribution in [1.82, 2.24) is 9.55 Å². The lowest BCUT2D eigenvalue weighted by molar-refractivity contribution is 0.0809. The Morgan fingerprint density at radius 2 is 2.64 bits per heavy atom. The van der Waals surface area contributed by atoms with Gasteiger partial charge in [-0.3, -0.25) is 0 Å². The van der Waals surface area contributed by atoms with Crippen LogP contribution < -0.4 is 0 Å². The molecule has 0 aliphatic carbocycles. The summed E-state index contributed by atoms with van der Waals surface area (Å²) in [6.45, 7) is 1.05. The fourth-order valence-corrected chi connectivity index (χ4v) is 1.54. The van der Waals surface area contributed by atoms with Crippen LogP contribution in [0.5, 0.6) is 0 Å². The highest BCUT2D eigenvalue weighted by Gasteiger charge is 2.17. The summed E-state index contributed by atoms with van der Waals surface area (Å²) in [6.07, 6.45) is 6.34. The quantitative estimate of drug-likeness (QED) is 0.596. The monoisotopic (exact) mass is 152 g/mol. The molecule has 0 saturated carbocycles. The van der Waals surface area contributed by atoms with Crippen LogP contribution in [0.25, 0.3) is 0 Å². The molecule has 2 heterocycles. The fourth-order valence-electron chi connectivity index (χ4n) is 1.54. The normalized spacial score (nSPS) is 23.2. The molecule has 0 spiro atoms. The van der Waals surface area contributed by atoms with E-state index in [1.54, 1.807) is 7.11 Å². The van der Waals surface area contributed by atoms with E-state index >= 15 is 0 Å². The molecule has 11 heavy (non-hydrogen) atoms. The second-order valence-electron chi connectivity index (χ2n) is 2.93. The molecule has 60 valence electrons. The molecule has 2 rings (SSSR count). The molecule has 0 N–H and O–H groups in total. The van der Waals surface area contributed by atoms with E-state index in [2.05, 4.69) is 9.55 Å². The number of methoxy groups -OCH3 is 1. The minimum absolute atomic E-state index is 0.402. The molecule has 0 amide bonds. The number of hydrogen-bond acceptors (Lipinski definition) is 2. The standard InChI is InChI=1S/C8H12N2O/c1-11-8-2-3-10-6-9-5-7(10)4-8/h5-6,8H,2-4H2,1H3. The van der Waals surface area contributed by atoms with Gasteiger partial charge in [0.2, 0.25) is 0 Å². The number of imidazole rings is 1. The molecule has 0 saturated heterocycles. The minimum atomic E-state index is 0.402. The Morgan fingerprint density at radius 1 is 1.73 bits per heavy atom. The Labute approximate surface area is 66.0 Å². The first-order valence-corrected chi connectivity index (χ1v) is 3.92. The summed E-state index contributed by atoms with van der Waals surface area (Å²) in [7, 11) is 1.77. The Morgan fingerprint density at radius 3 is 3.45 bits per heavy atom. The summed E-state index contributed by atoms with van der Waals surface area (Å²) in [5.74, 6) is 0. The molecule has 1 aliphatic rings. The zero-order valence-electron chi connectivity index (χ0n) is 6.66. The van der Waals surface area contributed by atoms with Crippen LogP contribution in [0.2, 0.25) is 0 Å². The number of fused-ring (bicyclic) bond motifs is 1. The van der Waals surface area contributed by atoms with Crippen LogP contribution in [0.3, 0.4) is 0 Å². The van der Waals surface area contributed by atoms with E-state index in [9.17, 15) is 0 Å². The zero-order valence-corrected chi connectivity index (χ0v) is 6.66. The van der Waals surface area contributed by atoms with Gasteiger partial charge in [-0.25, -0.2) is 4.98 Å². The first-order chi connectivity index (χ1) is 5.40. The highest BCUT2D eigenvalue weighted by Crippen LogP contribution is 2.15. The van der Waals surface area contributed by atoms with E-state index in [4.69, 9.17) is 4.74 Å². The van der Waals surface area contributed by atoms with Gasteiger partial charge in [-0.05, 0) is 6.42 Å². The van der Waals surface area contributed by atoms with E-state index < -0.39 is 0 Å². The average molecular weight is 152 g/mol. The second-order valence-corrected chi connectivity index (χ2v) is 2.93. The zero-order chi connectivity index (χ0) is 7.68. The van der Waals surface area contributed by atoms with Gasteiger partial charge >= 0.3 is 0 Å². The van der Waals surface area contributed by atoms with Gasteiger partial charge in [0.05, 0.1) is 12.4 Å². The van der Waals surface area contributed by atoms with Crippen molar-refractivity contribution >= 4 is 0 Å². The number of rotatable bonds is 1. The summed E-state index contributed by atoms with van der Waals surface area (Å²) < 4.78 is 7.47. The van der Waals surface area contributed by atoms with Crippen LogP contribution in [-0.4, -0.2) is 22.8 Å². The molecular formula is C8H12N2O. The summed E-state index contributed by atoms with van der Waals surface area (Å²) >= 11 is 0. The number of hydrogen-bond donors (Lipinski definition) is 0. The molecule has 0 fully saturated rings. The topological polar surface area (TPSA) is 27.1 Å². The van der Waals surface area contributed by atoms with E-state index in [0.29, 0.717) is 6.10 Å². The van der Waals surface area contributed by atoms with E-state index in [1.165, 1.54) is 5.69 Å². The molecule has 3 nitrogen and oxygen atoms in total. The lowest BCUT2D eigenvalue weighted by atomic mass is 10.1. The number of nitrogens with zero attached hydrogens (tertiary/aromatic N) is 2. The SMILES string of the molecule is COC1CCn2cncc2C1. The third-order valence-electron chi connectivity index (χ3n) is 2.26. The maximum atomic E-state index is 5.28. The second kappa shape index (κ2) is 2.66. The highest BCUT2D eigenvalue weighted by atomic mass is 16.5. The molecule has 1 unspecified atom stereocenters. The molecular weight excluding hydrogens is 140 g/mol. The highest BCUT2D eigenvalue weighted by molar-refractivity contribution is 5.02. The van der Waals surface area contributed by atoms with Crippen molar-refractivity contribution < 1.29 is 4.74 Å². The van der Waals surface area contributed by atoms with Crippen molar-refractivity contribution in [2.24, 2.45) is 0 Å². The maximum absolute atomic E-state index is 5.28. The van der Waals surface area contributed by atoms with Crippen LogP contribution in [-0.2, 0) is 17.7 Å². The smallest absolute Gasteiger partial charge is 0.0948 e. The summed E-state index contributed by atoms with van der Waals surface area (Å²) in [6, 6.07) is 0. The van der Waals surface area contributed by atoms with Crippen LogP contribution in [0.15, 0.2) is 12.5 Å². The van der Waals surface area contributed by atoms with Crippen molar-refractivity contribution in [3.63, 3.8) is 0 Å². The molecule has 1 aromatic rings. The summed E-state index contributed by atoms with van der Waals surface area (Å²) in [4.78, 5) is 4.08. The lowest BCUT2D eigenvalue weighted by Gasteiger charge is -2.21. The number of aromatic nitrogens is 2. The van der Waals surface area contributed by atoms with E-state index in [0.717, 1.165) is 19.4 Å². The van der Waals surface area contributed by atoms with Gasteiger partial charge in [0.25, 0.3) is 0 Å². The van der Waals surface area contributed by atoms with Crippen molar-refractivity contribution in [3.8, 4) is 0 Å². The summed E-state index contributed by atoms with van der Waals surface area (Å²) in [5.41, 5.74) is 1.29. The average Bonchev–Trinajstić information content (AvgIpc) is 2.50. The van der Waals surface area contributed by atoms with Gasteiger partial charge in [-0.1, -0.05) is 0 Å². The van der Waals surface area contributed by atoms with Crippen LogP contribution in [0.1, 0.15) is 12.1 Å². The van der Waals surface area contributed by atoms with E-state index in [-0.39, 0.29) is 0 Å². The minimum Gasteiger partial charge on any atom is -0.381 e. The van der Waals surface area contributed by atoms with Gasteiger partial charge in [-0.15, -0.1) is 0 Å². The van der Waals surface area contributed by atoms with E-state index in [1.807, 2.05) is 12.5 Å². The first-order valence-electron chi connectivity index (χ1n) is 3.92. The first kappa shape index (κ1) is 6.85.